The summed E-state index contributed by atoms with van der Waals surface area (Å²) in [4.78, 5) is 16.2. The normalized spacial score (nSPS) is 10.6. The van der Waals surface area contributed by atoms with Crippen LogP contribution in [0.15, 0.2) is 79.3 Å². The first-order valence-electron chi connectivity index (χ1n) is 8.15. The first-order chi connectivity index (χ1) is 12.7. The molecule has 0 aliphatic carbocycles. The molecule has 6 nitrogen and oxygen atoms in total. The third-order valence-corrected chi connectivity index (χ3v) is 4.07. The third-order valence-electron chi connectivity index (χ3n) is 4.07. The molecule has 0 spiro atoms. The van der Waals surface area contributed by atoms with Crippen LogP contribution in [0, 0.1) is 0 Å². The van der Waals surface area contributed by atoms with Crippen LogP contribution in [-0.2, 0) is 0 Å². The number of nitrogens with zero attached hydrogens (tertiary/aromatic N) is 2. The molecule has 26 heavy (non-hydrogen) atoms. The predicted molar refractivity (Wildman–Crippen MR) is 104 cm³/mol. The molecule has 0 saturated carbocycles. The van der Waals surface area contributed by atoms with Crippen LogP contribution in [0.2, 0.25) is 0 Å². The summed E-state index contributed by atoms with van der Waals surface area (Å²) in [5.74, 6) is 0.491. The predicted octanol–water partition coefficient (Wildman–Crippen LogP) is 4.23. The third kappa shape index (κ3) is 3.08. The van der Waals surface area contributed by atoms with Gasteiger partial charge in [0.25, 0.3) is 0 Å². The molecule has 2 amide bonds. The molecule has 0 unspecified atom stereocenters. The molecule has 2 aromatic heterocycles. The van der Waals surface area contributed by atoms with Crippen molar-refractivity contribution in [2.45, 2.75) is 0 Å². The topological polar surface area (TPSA) is 84.4 Å². The highest BCUT2D eigenvalue weighted by molar-refractivity contribution is 6.00. The average Bonchev–Trinajstić information content (AvgIpc) is 3.04. The van der Waals surface area contributed by atoms with Crippen LogP contribution in [0.4, 0.5) is 22.0 Å². The summed E-state index contributed by atoms with van der Waals surface area (Å²) < 4.78 is 1.89. The zero-order valence-corrected chi connectivity index (χ0v) is 13.9. The number of urea groups is 1. The highest BCUT2D eigenvalue weighted by atomic mass is 16.2. The maximum absolute atomic E-state index is 12.1. The van der Waals surface area contributed by atoms with E-state index < -0.39 is 0 Å². The molecular formula is C20H17N5O. The number of amides is 2. The molecule has 128 valence electrons. The molecule has 6 heteroatoms. The van der Waals surface area contributed by atoms with Crippen LogP contribution in [0.3, 0.4) is 0 Å². The number of imidazole rings is 1. The summed E-state index contributed by atoms with van der Waals surface area (Å²) in [6.07, 6.45) is 3.60. The summed E-state index contributed by atoms with van der Waals surface area (Å²) in [7, 11) is 0. The van der Waals surface area contributed by atoms with Crippen molar-refractivity contribution in [2.24, 2.45) is 0 Å². The minimum Gasteiger partial charge on any atom is -0.382 e. The fourth-order valence-corrected chi connectivity index (χ4v) is 2.86. The van der Waals surface area contributed by atoms with Gasteiger partial charge in [-0.1, -0.05) is 36.4 Å². The summed E-state index contributed by atoms with van der Waals surface area (Å²) >= 11 is 0. The maximum Gasteiger partial charge on any atom is 0.323 e. The van der Waals surface area contributed by atoms with Gasteiger partial charge in [-0.15, -0.1) is 0 Å². The number of anilines is 3. The van der Waals surface area contributed by atoms with E-state index in [9.17, 15) is 4.79 Å². The number of aromatic nitrogens is 2. The standard InChI is InChI=1S/C20H17N5O/c21-19-18-17(7-4-12-25(18)13-22-19)14-8-10-16(11-9-14)24-20(26)23-15-5-2-1-3-6-15/h1-13H,21H2,(H2,23,24,26). The van der Waals surface area contributed by atoms with Gasteiger partial charge >= 0.3 is 6.03 Å². The highest BCUT2D eigenvalue weighted by Gasteiger charge is 2.09. The van der Waals surface area contributed by atoms with E-state index in [-0.39, 0.29) is 6.03 Å². The Kier molecular flexibility index (Phi) is 3.99. The highest BCUT2D eigenvalue weighted by Crippen LogP contribution is 2.28. The number of para-hydroxylation sites is 1. The van der Waals surface area contributed by atoms with Crippen molar-refractivity contribution in [3.05, 3.63) is 79.3 Å². The van der Waals surface area contributed by atoms with Crippen LogP contribution in [0.5, 0.6) is 0 Å². The van der Waals surface area contributed by atoms with Crippen LogP contribution in [0.25, 0.3) is 16.6 Å². The Morgan fingerprint density at radius 1 is 0.885 bits per heavy atom. The Balaban J connectivity index is 1.53. The van der Waals surface area contributed by atoms with Crippen molar-refractivity contribution >= 4 is 28.7 Å². The number of nitrogen functional groups attached to an aromatic ring is 1. The van der Waals surface area contributed by atoms with Crippen molar-refractivity contribution < 1.29 is 4.79 Å². The second-order valence-electron chi connectivity index (χ2n) is 5.83. The van der Waals surface area contributed by atoms with Crippen LogP contribution in [-0.4, -0.2) is 15.4 Å². The zero-order chi connectivity index (χ0) is 17.9. The Labute approximate surface area is 150 Å². The van der Waals surface area contributed by atoms with Crippen molar-refractivity contribution in [1.82, 2.24) is 9.38 Å². The second-order valence-corrected chi connectivity index (χ2v) is 5.83. The van der Waals surface area contributed by atoms with E-state index in [2.05, 4.69) is 15.6 Å². The number of nitrogens with two attached hydrogens (primary N) is 1. The van der Waals surface area contributed by atoms with E-state index in [0.717, 1.165) is 22.3 Å². The largest absolute Gasteiger partial charge is 0.382 e. The van der Waals surface area contributed by atoms with Gasteiger partial charge in [-0.3, -0.25) is 0 Å². The summed E-state index contributed by atoms with van der Waals surface area (Å²) in [5.41, 5.74) is 10.3. The molecule has 0 saturated heterocycles. The first kappa shape index (κ1) is 15.7. The lowest BCUT2D eigenvalue weighted by atomic mass is 10.1. The van der Waals surface area contributed by atoms with Crippen LogP contribution in [0.1, 0.15) is 0 Å². The van der Waals surface area contributed by atoms with E-state index in [1.807, 2.05) is 77.3 Å². The maximum atomic E-state index is 12.1. The number of carbonyl (C=O) groups excluding carboxylic acids is 1. The van der Waals surface area contributed by atoms with Crippen LogP contribution < -0.4 is 16.4 Å². The van der Waals surface area contributed by atoms with Gasteiger partial charge in [-0.2, -0.15) is 0 Å². The van der Waals surface area contributed by atoms with Gasteiger partial charge in [0.2, 0.25) is 0 Å². The molecule has 4 N–H and O–H groups in total. The number of nitrogens with one attached hydrogen (secondary N) is 2. The molecule has 0 radical (unpaired) electrons. The average molecular weight is 343 g/mol. The number of hydrogen-bond acceptors (Lipinski definition) is 3. The smallest absolute Gasteiger partial charge is 0.323 e. The summed E-state index contributed by atoms with van der Waals surface area (Å²) in [6, 6.07) is 20.6. The Morgan fingerprint density at radius 3 is 2.31 bits per heavy atom. The quantitative estimate of drug-likeness (QED) is 0.520. The minimum absolute atomic E-state index is 0.286. The van der Waals surface area contributed by atoms with E-state index in [1.54, 1.807) is 6.33 Å². The molecule has 4 rings (SSSR count). The van der Waals surface area contributed by atoms with E-state index in [1.165, 1.54) is 0 Å². The SMILES string of the molecule is Nc1ncn2cccc(-c3ccc(NC(=O)Nc4ccccc4)cc3)c12. The molecule has 4 aromatic rings. The summed E-state index contributed by atoms with van der Waals surface area (Å²) in [6.45, 7) is 0. The fourth-order valence-electron chi connectivity index (χ4n) is 2.86. The summed E-state index contributed by atoms with van der Waals surface area (Å²) in [5, 5.41) is 5.61. The number of carbonyl (C=O) groups is 1. The monoisotopic (exact) mass is 343 g/mol. The van der Waals surface area contributed by atoms with Gasteiger partial charge in [0.1, 0.15) is 12.1 Å². The van der Waals surface area contributed by atoms with Gasteiger partial charge < -0.3 is 20.8 Å². The lowest BCUT2D eigenvalue weighted by Crippen LogP contribution is -2.19. The van der Waals surface area contributed by atoms with Crippen molar-refractivity contribution in [1.29, 1.82) is 0 Å². The first-order valence-corrected chi connectivity index (χ1v) is 8.15. The molecule has 0 bridgehead atoms. The number of benzene rings is 2. The molecule has 2 heterocycles. The van der Waals surface area contributed by atoms with Gasteiger partial charge in [-0.05, 0) is 35.9 Å². The Hall–Kier alpha value is -3.80. The zero-order valence-electron chi connectivity index (χ0n) is 13.9. The van der Waals surface area contributed by atoms with Gasteiger partial charge in [0.05, 0.1) is 5.52 Å². The van der Waals surface area contributed by atoms with Gasteiger partial charge in [0, 0.05) is 23.1 Å². The number of pyridine rings is 1. The Morgan fingerprint density at radius 2 is 1.58 bits per heavy atom. The molecule has 2 aromatic carbocycles. The van der Waals surface area contributed by atoms with Crippen LogP contribution >= 0.6 is 0 Å². The van der Waals surface area contributed by atoms with E-state index in [4.69, 9.17) is 5.73 Å². The molecule has 0 aliphatic rings. The van der Waals surface area contributed by atoms with Crippen molar-refractivity contribution in [2.75, 3.05) is 16.4 Å². The lowest BCUT2D eigenvalue weighted by Gasteiger charge is -2.09. The lowest BCUT2D eigenvalue weighted by molar-refractivity contribution is 0.262. The number of rotatable bonds is 3. The number of fused-ring (bicyclic) bond motifs is 1. The fraction of sp³-hybridized carbons (Fsp3) is 0. The molecule has 0 aliphatic heterocycles. The minimum atomic E-state index is -0.286. The number of hydrogen-bond donors (Lipinski definition) is 3. The van der Waals surface area contributed by atoms with Gasteiger partial charge in [0.15, 0.2) is 0 Å². The van der Waals surface area contributed by atoms with Crippen molar-refractivity contribution in [3.63, 3.8) is 0 Å². The molecule has 0 fully saturated rings. The van der Waals surface area contributed by atoms with Gasteiger partial charge in [-0.25, -0.2) is 9.78 Å². The molecule has 0 atom stereocenters. The van der Waals surface area contributed by atoms with Crippen molar-refractivity contribution in [3.8, 4) is 11.1 Å². The Bertz CT molecular complexity index is 1050. The molecular weight excluding hydrogens is 326 g/mol. The second kappa shape index (κ2) is 6.60. The van der Waals surface area contributed by atoms with E-state index >= 15 is 0 Å². The van der Waals surface area contributed by atoms with E-state index in [0.29, 0.717) is 11.5 Å².